The highest BCUT2D eigenvalue weighted by Gasteiger charge is 2.22. The zero-order chi connectivity index (χ0) is 13.8. The molecule has 2 rings (SSSR count). The van der Waals surface area contributed by atoms with Crippen LogP contribution in [-0.2, 0) is 17.6 Å². The third-order valence-corrected chi connectivity index (χ3v) is 3.65. The lowest BCUT2D eigenvalue weighted by Gasteiger charge is -2.20. The molecular formula is C15H19NO3. The highest BCUT2D eigenvalue weighted by molar-refractivity contribution is 5.98. The van der Waals surface area contributed by atoms with Gasteiger partial charge in [-0.1, -0.05) is 19.1 Å². The number of rotatable bonds is 4. The lowest BCUT2D eigenvalue weighted by molar-refractivity contribution is -0.139. The predicted octanol–water partition coefficient (Wildman–Crippen LogP) is 2.16. The molecule has 4 nitrogen and oxygen atoms in total. The molecule has 0 unspecified atom stereocenters. The summed E-state index contributed by atoms with van der Waals surface area (Å²) in [5, 5.41) is 11.6. The highest BCUT2D eigenvalue weighted by atomic mass is 16.4. The summed E-state index contributed by atoms with van der Waals surface area (Å²) in [6.45, 7) is 1.75. The van der Waals surface area contributed by atoms with E-state index in [1.165, 1.54) is 5.56 Å². The first-order valence-electron chi connectivity index (χ1n) is 6.78. The van der Waals surface area contributed by atoms with Crippen LogP contribution < -0.4 is 5.32 Å². The first-order chi connectivity index (χ1) is 9.13. The van der Waals surface area contributed by atoms with E-state index in [9.17, 15) is 9.59 Å². The lowest BCUT2D eigenvalue weighted by Crippen LogP contribution is -2.40. The van der Waals surface area contributed by atoms with Crippen LogP contribution in [0.4, 0.5) is 0 Å². The first kappa shape index (κ1) is 13.6. The minimum absolute atomic E-state index is 0.270. The van der Waals surface area contributed by atoms with Gasteiger partial charge in [0, 0.05) is 5.56 Å². The number of nitrogens with one attached hydrogen (secondary N) is 1. The van der Waals surface area contributed by atoms with E-state index in [2.05, 4.69) is 11.4 Å². The summed E-state index contributed by atoms with van der Waals surface area (Å²) in [5.74, 6) is -1.26. The molecule has 102 valence electrons. The molecule has 1 aliphatic carbocycles. The zero-order valence-corrected chi connectivity index (χ0v) is 11.1. The van der Waals surface area contributed by atoms with Gasteiger partial charge in [-0.25, -0.2) is 4.79 Å². The lowest BCUT2D eigenvalue weighted by atomic mass is 9.88. The molecule has 0 saturated heterocycles. The Morgan fingerprint density at radius 2 is 2.05 bits per heavy atom. The largest absolute Gasteiger partial charge is 0.480 e. The summed E-state index contributed by atoms with van der Waals surface area (Å²) in [7, 11) is 0. The molecule has 0 radical (unpaired) electrons. The number of benzene rings is 1. The molecule has 0 aliphatic heterocycles. The van der Waals surface area contributed by atoms with E-state index in [1.807, 2.05) is 6.07 Å². The van der Waals surface area contributed by atoms with Crippen molar-refractivity contribution in [1.29, 1.82) is 0 Å². The van der Waals surface area contributed by atoms with E-state index < -0.39 is 12.0 Å². The Morgan fingerprint density at radius 1 is 1.32 bits per heavy atom. The fourth-order valence-electron chi connectivity index (χ4n) is 2.57. The van der Waals surface area contributed by atoms with Crippen molar-refractivity contribution in [2.45, 2.75) is 45.1 Å². The number of carboxylic acid groups (broad SMARTS) is 1. The Balaban J connectivity index is 2.22. The molecule has 0 bridgehead atoms. The Labute approximate surface area is 112 Å². The minimum atomic E-state index is -0.986. The number of aliphatic carboxylic acids is 1. The van der Waals surface area contributed by atoms with Gasteiger partial charge < -0.3 is 10.4 Å². The average Bonchev–Trinajstić information content (AvgIpc) is 2.43. The normalized spacial score (nSPS) is 15.4. The van der Waals surface area contributed by atoms with Crippen LogP contribution in [-0.4, -0.2) is 23.0 Å². The van der Waals surface area contributed by atoms with Crippen molar-refractivity contribution < 1.29 is 14.7 Å². The van der Waals surface area contributed by atoms with E-state index in [-0.39, 0.29) is 5.91 Å². The van der Waals surface area contributed by atoms with Crippen molar-refractivity contribution in [1.82, 2.24) is 5.32 Å². The molecule has 1 aliphatic rings. The summed E-state index contributed by atoms with van der Waals surface area (Å²) in [6, 6.07) is 4.90. The summed E-state index contributed by atoms with van der Waals surface area (Å²) < 4.78 is 0. The summed E-state index contributed by atoms with van der Waals surface area (Å²) in [5.41, 5.74) is 2.95. The molecule has 2 N–H and O–H groups in total. The molecule has 1 aromatic rings. The van der Waals surface area contributed by atoms with Crippen molar-refractivity contribution in [2.24, 2.45) is 0 Å². The number of hydrogen-bond acceptors (Lipinski definition) is 2. The molecular weight excluding hydrogens is 242 g/mol. The maximum Gasteiger partial charge on any atom is 0.326 e. The minimum Gasteiger partial charge on any atom is -0.480 e. The fraction of sp³-hybridized carbons (Fsp3) is 0.467. The van der Waals surface area contributed by atoms with Crippen LogP contribution in [0.3, 0.4) is 0 Å². The van der Waals surface area contributed by atoms with Gasteiger partial charge in [-0.05, 0) is 49.3 Å². The highest BCUT2D eigenvalue weighted by Crippen LogP contribution is 2.24. The molecule has 4 heteroatoms. The molecule has 1 amide bonds. The number of carboxylic acids is 1. The van der Waals surface area contributed by atoms with Crippen LogP contribution >= 0.6 is 0 Å². The van der Waals surface area contributed by atoms with E-state index in [0.29, 0.717) is 12.0 Å². The summed E-state index contributed by atoms with van der Waals surface area (Å²) in [6.07, 6.45) is 4.55. The van der Waals surface area contributed by atoms with Crippen LogP contribution in [0.1, 0.15) is 47.7 Å². The number of carbonyl (C=O) groups is 2. The number of amides is 1. The van der Waals surface area contributed by atoms with Crippen LogP contribution in [0.5, 0.6) is 0 Å². The third kappa shape index (κ3) is 2.95. The maximum absolute atomic E-state index is 12.2. The van der Waals surface area contributed by atoms with Crippen molar-refractivity contribution in [2.75, 3.05) is 0 Å². The van der Waals surface area contributed by atoms with Crippen molar-refractivity contribution in [3.63, 3.8) is 0 Å². The second-order valence-corrected chi connectivity index (χ2v) is 4.92. The average molecular weight is 261 g/mol. The fourth-order valence-corrected chi connectivity index (χ4v) is 2.57. The monoisotopic (exact) mass is 261 g/mol. The number of aryl methyl sites for hydroxylation is 1. The van der Waals surface area contributed by atoms with Gasteiger partial charge in [0.2, 0.25) is 0 Å². The first-order valence-corrected chi connectivity index (χ1v) is 6.78. The predicted molar refractivity (Wildman–Crippen MR) is 72.3 cm³/mol. The van der Waals surface area contributed by atoms with Crippen LogP contribution in [0, 0.1) is 0 Å². The molecule has 0 heterocycles. The molecule has 0 fully saturated rings. The van der Waals surface area contributed by atoms with Crippen LogP contribution in [0.2, 0.25) is 0 Å². The zero-order valence-electron chi connectivity index (χ0n) is 11.1. The molecule has 1 aromatic carbocycles. The van der Waals surface area contributed by atoms with Gasteiger partial charge >= 0.3 is 5.97 Å². The van der Waals surface area contributed by atoms with Crippen molar-refractivity contribution >= 4 is 11.9 Å². The van der Waals surface area contributed by atoms with Gasteiger partial charge in [0.05, 0.1) is 0 Å². The van der Waals surface area contributed by atoms with Crippen molar-refractivity contribution in [3.8, 4) is 0 Å². The smallest absolute Gasteiger partial charge is 0.326 e. The van der Waals surface area contributed by atoms with E-state index >= 15 is 0 Å². The molecule has 0 saturated carbocycles. The molecule has 1 atom stereocenters. The second kappa shape index (κ2) is 5.87. The van der Waals surface area contributed by atoms with Gasteiger partial charge in [-0.15, -0.1) is 0 Å². The number of fused-ring (bicyclic) bond motifs is 1. The molecule has 19 heavy (non-hydrogen) atoms. The quantitative estimate of drug-likeness (QED) is 0.872. The van der Waals surface area contributed by atoms with Gasteiger partial charge in [0.25, 0.3) is 5.91 Å². The molecule has 0 spiro atoms. The van der Waals surface area contributed by atoms with Gasteiger partial charge in [0.1, 0.15) is 6.04 Å². The number of hydrogen-bond donors (Lipinski definition) is 2. The van der Waals surface area contributed by atoms with Crippen LogP contribution in [0.25, 0.3) is 0 Å². The van der Waals surface area contributed by atoms with E-state index in [1.54, 1.807) is 13.0 Å². The number of carbonyl (C=O) groups excluding carboxylic acids is 1. The third-order valence-electron chi connectivity index (χ3n) is 3.65. The van der Waals surface area contributed by atoms with E-state index in [4.69, 9.17) is 5.11 Å². The Morgan fingerprint density at radius 3 is 2.74 bits per heavy atom. The summed E-state index contributed by atoms with van der Waals surface area (Å²) in [4.78, 5) is 23.2. The SMILES string of the molecule is CC[C@@H](NC(=O)c1cccc2c1CCCC2)C(=O)O. The van der Waals surface area contributed by atoms with Gasteiger partial charge in [-0.2, -0.15) is 0 Å². The topological polar surface area (TPSA) is 66.4 Å². The van der Waals surface area contributed by atoms with Crippen molar-refractivity contribution in [3.05, 3.63) is 34.9 Å². The Bertz CT molecular complexity index is 496. The van der Waals surface area contributed by atoms with Gasteiger partial charge in [-0.3, -0.25) is 4.79 Å². The standard InChI is InChI=1S/C15H19NO3/c1-2-13(15(18)19)16-14(17)12-9-5-7-10-6-3-4-8-11(10)12/h5,7,9,13H,2-4,6,8H2,1H3,(H,16,17)(H,18,19)/t13-/m1/s1. The molecule has 0 aromatic heterocycles. The Hall–Kier alpha value is -1.84. The van der Waals surface area contributed by atoms with E-state index in [0.717, 1.165) is 31.2 Å². The maximum atomic E-state index is 12.2. The Kier molecular flexibility index (Phi) is 4.20. The summed E-state index contributed by atoms with van der Waals surface area (Å²) >= 11 is 0. The van der Waals surface area contributed by atoms with Crippen LogP contribution in [0.15, 0.2) is 18.2 Å². The second-order valence-electron chi connectivity index (χ2n) is 4.92. The van der Waals surface area contributed by atoms with Gasteiger partial charge in [0.15, 0.2) is 0 Å².